The Morgan fingerprint density at radius 3 is 2.31 bits per heavy atom. The van der Waals surface area contributed by atoms with Gasteiger partial charge in [0.2, 0.25) is 0 Å². The first-order valence-electron chi connectivity index (χ1n) is 4.97. The van der Waals surface area contributed by atoms with E-state index in [0.29, 0.717) is 12.3 Å². The second kappa shape index (κ2) is 2.10. The van der Waals surface area contributed by atoms with E-state index >= 15 is 0 Å². The summed E-state index contributed by atoms with van der Waals surface area (Å²) in [7, 11) is -4.26. The fourth-order valence-corrected chi connectivity index (χ4v) is 5.11. The summed E-state index contributed by atoms with van der Waals surface area (Å²) in [5, 5.41) is -0.645. The lowest BCUT2D eigenvalue weighted by atomic mass is 9.94. The summed E-state index contributed by atoms with van der Waals surface area (Å²) in [6, 6.07) is 0. The largest absolute Gasteiger partial charge is 0.305 e. The minimum atomic E-state index is -4.26. The molecule has 3 unspecified atom stereocenters. The number of rotatable bonds is 1. The maximum atomic E-state index is 12.9. The van der Waals surface area contributed by atoms with Crippen LogP contribution in [0.5, 0.6) is 0 Å². The van der Waals surface area contributed by atoms with Crippen LogP contribution in [0.3, 0.4) is 0 Å². The monoisotopic (exact) mass is 204 g/mol. The van der Waals surface area contributed by atoms with Crippen molar-refractivity contribution in [3.05, 3.63) is 0 Å². The van der Waals surface area contributed by atoms with Crippen LogP contribution < -0.4 is 0 Å². The summed E-state index contributed by atoms with van der Waals surface area (Å²) in [6.07, 6.45) is 4.97. The first kappa shape index (κ1) is 8.21. The van der Waals surface area contributed by atoms with Gasteiger partial charge in [-0.2, -0.15) is 8.42 Å². The molecule has 3 aliphatic rings. The van der Waals surface area contributed by atoms with Gasteiger partial charge in [-0.05, 0) is 49.4 Å². The topological polar surface area (TPSA) is 34.1 Å². The Hall–Kier alpha value is -0.120. The minimum Gasteiger partial charge on any atom is -0.195 e. The number of halogens is 1. The van der Waals surface area contributed by atoms with E-state index in [1.54, 1.807) is 0 Å². The first-order valence-corrected chi connectivity index (χ1v) is 6.42. The molecule has 0 heterocycles. The Morgan fingerprint density at radius 1 is 1.23 bits per heavy atom. The van der Waals surface area contributed by atoms with E-state index in [9.17, 15) is 12.3 Å². The molecule has 3 atom stereocenters. The van der Waals surface area contributed by atoms with Crippen molar-refractivity contribution in [1.82, 2.24) is 0 Å². The van der Waals surface area contributed by atoms with Gasteiger partial charge in [-0.3, -0.25) is 0 Å². The van der Waals surface area contributed by atoms with Crippen molar-refractivity contribution in [3.8, 4) is 0 Å². The van der Waals surface area contributed by atoms with Crippen LogP contribution in [0.25, 0.3) is 0 Å². The van der Waals surface area contributed by atoms with Gasteiger partial charge in [0.1, 0.15) is 0 Å². The zero-order chi connectivity index (χ0) is 9.27. The molecule has 2 bridgehead atoms. The summed E-state index contributed by atoms with van der Waals surface area (Å²) in [6.45, 7) is 0. The second-order valence-electron chi connectivity index (χ2n) is 4.86. The fraction of sp³-hybridized carbons (Fsp3) is 1.00. The highest BCUT2D eigenvalue weighted by Gasteiger charge is 2.67. The van der Waals surface area contributed by atoms with Crippen LogP contribution in [0.1, 0.15) is 32.1 Å². The van der Waals surface area contributed by atoms with E-state index in [1.807, 2.05) is 0 Å². The van der Waals surface area contributed by atoms with Crippen molar-refractivity contribution in [3.63, 3.8) is 0 Å². The van der Waals surface area contributed by atoms with Crippen LogP contribution in [0.4, 0.5) is 3.89 Å². The molecule has 74 valence electrons. The standard InChI is InChI=1S/C9H13FO2S/c10-13(11,12)8-5-6-1-2-7(8)9(6)3-4-9/h6-8H,1-5H2. The molecular weight excluding hydrogens is 191 g/mol. The van der Waals surface area contributed by atoms with Gasteiger partial charge >= 0.3 is 10.2 Å². The van der Waals surface area contributed by atoms with Crippen LogP contribution >= 0.6 is 0 Å². The van der Waals surface area contributed by atoms with Crippen LogP contribution in [-0.2, 0) is 10.2 Å². The Bertz CT molecular complexity index is 345. The van der Waals surface area contributed by atoms with E-state index in [1.165, 1.54) is 0 Å². The Labute approximate surface area is 77.7 Å². The molecule has 0 aliphatic heterocycles. The normalized spacial score (nSPS) is 45.8. The minimum absolute atomic E-state index is 0.160. The third kappa shape index (κ3) is 0.901. The molecule has 1 spiro atoms. The van der Waals surface area contributed by atoms with Gasteiger partial charge in [-0.1, -0.05) is 0 Å². The Morgan fingerprint density at radius 2 is 1.92 bits per heavy atom. The summed E-state index contributed by atoms with van der Waals surface area (Å²) in [5.74, 6) is 0.681. The average molecular weight is 204 g/mol. The molecule has 0 radical (unpaired) electrons. The molecule has 3 aliphatic carbocycles. The van der Waals surface area contributed by atoms with E-state index in [2.05, 4.69) is 0 Å². The lowest BCUT2D eigenvalue weighted by Gasteiger charge is -2.17. The zero-order valence-electron chi connectivity index (χ0n) is 7.37. The third-order valence-electron chi connectivity index (χ3n) is 4.53. The molecule has 13 heavy (non-hydrogen) atoms. The van der Waals surface area contributed by atoms with Crippen molar-refractivity contribution in [2.24, 2.45) is 17.3 Å². The molecular formula is C9H13FO2S. The predicted octanol–water partition coefficient (Wildman–Crippen LogP) is 1.86. The molecule has 2 nitrogen and oxygen atoms in total. The van der Waals surface area contributed by atoms with Gasteiger partial charge in [0.15, 0.2) is 0 Å². The van der Waals surface area contributed by atoms with Gasteiger partial charge in [0.05, 0.1) is 5.25 Å². The smallest absolute Gasteiger partial charge is 0.195 e. The molecule has 4 heteroatoms. The predicted molar refractivity (Wildman–Crippen MR) is 46.3 cm³/mol. The maximum absolute atomic E-state index is 12.9. The summed E-state index contributed by atoms with van der Waals surface area (Å²) < 4.78 is 34.6. The summed E-state index contributed by atoms with van der Waals surface area (Å²) >= 11 is 0. The maximum Gasteiger partial charge on any atom is 0.305 e. The second-order valence-corrected chi connectivity index (χ2v) is 6.42. The quantitative estimate of drug-likeness (QED) is 0.611. The molecule has 3 fully saturated rings. The van der Waals surface area contributed by atoms with Gasteiger partial charge in [0.25, 0.3) is 0 Å². The molecule has 0 amide bonds. The number of hydrogen-bond donors (Lipinski definition) is 0. The van der Waals surface area contributed by atoms with Crippen LogP contribution in [0.2, 0.25) is 0 Å². The molecule has 0 aromatic rings. The third-order valence-corrected chi connectivity index (χ3v) is 5.78. The zero-order valence-corrected chi connectivity index (χ0v) is 8.19. The Kier molecular flexibility index (Phi) is 1.33. The van der Waals surface area contributed by atoms with Crippen molar-refractivity contribution in [1.29, 1.82) is 0 Å². The number of hydrogen-bond acceptors (Lipinski definition) is 2. The van der Waals surface area contributed by atoms with Crippen LogP contribution in [0.15, 0.2) is 0 Å². The van der Waals surface area contributed by atoms with Crippen molar-refractivity contribution in [2.75, 3.05) is 0 Å². The van der Waals surface area contributed by atoms with Gasteiger partial charge < -0.3 is 0 Å². The highest BCUT2D eigenvalue weighted by atomic mass is 32.3. The molecule has 0 N–H and O–H groups in total. The van der Waals surface area contributed by atoms with Crippen molar-refractivity contribution >= 4 is 10.2 Å². The van der Waals surface area contributed by atoms with Crippen molar-refractivity contribution < 1.29 is 12.3 Å². The van der Waals surface area contributed by atoms with Gasteiger partial charge in [-0.25, -0.2) is 0 Å². The van der Waals surface area contributed by atoms with E-state index < -0.39 is 15.5 Å². The first-order chi connectivity index (χ1) is 6.04. The van der Waals surface area contributed by atoms with Gasteiger partial charge in [0, 0.05) is 0 Å². The average Bonchev–Trinajstić information content (AvgIpc) is 2.67. The molecule has 3 saturated carbocycles. The van der Waals surface area contributed by atoms with Gasteiger partial charge in [-0.15, -0.1) is 3.89 Å². The highest BCUT2D eigenvalue weighted by Crippen LogP contribution is 2.72. The fourth-order valence-electron chi connectivity index (χ4n) is 3.85. The highest BCUT2D eigenvalue weighted by molar-refractivity contribution is 7.87. The SMILES string of the molecule is O=S(=O)(F)C1CC2CCC1C21CC1. The molecule has 0 saturated heterocycles. The summed E-state index contributed by atoms with van der Waals surface area (Å²) in [4.78, 5) is 0. The molecule has 0 aromatic carbocycles. The lowest BCUT2D eigenvalue weighted by molar-refractivity contribution is 0.377. The Balaban J connectivity index is 1.98. The van der Waals surface area contributed by atoms with Crippen LogP contribution in [0, 0.1) is 17.3 Å². The van der Waals surface area contributed by atoms with Crippen LogP contribution in [-0.4, -0.2) is 13.7 Å². The molecule has 0 aromatic heterocycles. The lowest BCUT2D eigenvalue weighted by Crippen LogP contribution is -2.25. The van der Waals surface area contributed by atoms with E-state index in [-0.39, 0.29) is 11.3 Å². The molecule has 3 rings (SSSR count). The van der Waals surface area contributed by atoms with E-state index in [0.717, 1.165) is 25.7 Å². The van der Waals surface area contributed by atoms with Crippen molar-refractivity contribution in [2.45, 2.75) is 37.4 Å². The van der Waals surface area contributed by atoms with E-state index in [4.69, 9.17) is 0 Å². The summed E-state index contributed by atoms with van der Waals surface area (Å²) in [5.41, 5.74) is 0.282.